The number of benzene rings is 1. The maximum Gasteiger partial charge on any atom is 0.253 e. The number of carbonyl (C=O) groups is 1. The summed E-state index contributed by atoms with van der Waals surface area (Å²) in [6.45, 7) is 5.49. The normalized spacial score (nSPS) is 28.1. The van der Waals surface area contributed by atoms with Crippen molar-refractivity contribution in [2.24, 2.45) is 10.4 Å². The monoisotopic (exact) mass is 352 g/mol. The summed E-state index contributed by atoms with van der Waals surface area (Å²) < 4.78 is 23.9. The summed E-state index contributed by atoms with van der Waals surface area (Å²) in [6.07, 6.45) is 0. The number of anilines is 1. The van der Waals surface area contributed by atoms with E-state index in [1.165, 1.54) is 11.8 Å². The van der Waals surface area contributed by atoms with Crippen molar-refractivity contribution in [1.29, 1.82) is 0 Å². The van der Waals surface area contributed by atoms with Gasteiger partial charge in [-0.25, -0.2) is 8.42 Å². The van der Waals surface area contributed by atoms with Crippen molar-refractivity contribution in [2.75, 3.05) is 16.4 Å². The largest absolute Gasteiger partial charge is 0.316 e. The molecule has 0 saturated carbocycles. The Morgan fingerprint density at radius 1 is 1.22 bits per heavy atom. The molecule has 0 aromatic heterocycles. The molecular weight excluding hydrogens is 332 g/mol. The third kappa shape index (κ3) is 3.30. The van der Waals surface area contributed by atoms with Gasteiger partial charge in [0.1, 0.15) is 0 Å². The first-order chi connectivity index (χ1) is 10.7. The minimum atomic E-state index is -3.03. The second-order valence-corrected chi connectivity index (χ2v) is 10.3. The quantitative estimate of drug-likeness (QED) is 0.776. The lowest BCUT2D eigenvalue weighted by Gasteiger charge is -2.25. The van der Waals surface area contributed by atoms with E-state index in [0.29, 0.717) is 5.17 Å². The maximum atomic E-state index is 12.3. The molecule has 1 amide bonds. The van der Waals surface area contributed by atoms with Crippen LogP contribution in [0, 0.1) is 5.41 Å². The van der Waals surface area contributed by atoms with E-state index < -0.39 is 15.3 Å². The Balaban J connectivity index is 2.01. The van der Waals surface area contributed by atoms with Crippen molar-refractivity contribution in [3.8, 4) is 0 Å². The van der Waals surface area contributed by atoms with E-state index in [4.69, 9.17) is 0 Å². The summed E-state index contributed by atoms with van der Waals surface area (Å²) in [6, 6.07) is 9.40. The highest BCUT2D eigenvalue weighted by Gasteiger charge is 2.49. The fraction of sp³-hybridized carbons (Fsp3) is 0.500. The lowest BCUT2D eigenvalue weighted by molar-refractivity contribution is -0.124. The van der Waals surface area contributed by atoms with E-state index in [1.54, 1.807) is 0 Å². The van der Waals surface area contributed by atoms with Crippen molar-refractivity contribution in [3.63, 3.8) is 0 Å². The third-order valence-electron chi connectivity index (χ3n) is 3.94. The van der Waals surface area contributed by atoms with E-state index >= 15 is 0 Å². The second-order valence-electron chi connectivity index (χ2n) is 6.96. The van der Waals surface area contributed by atoms with Crippen LogP contribution < -0.4 is 4.90 Å². The van der Waals surface area contributed by atoms with Gasteiger partial charge < -0.3 is 4.90 Å². The SMILES string of the molecule is CC(C)(C)C(=O)N=C1S[C@@H]2CS(=O)(=O)C[C@@H]2N1c1ccccc1. The molecule has 2 heterocycles. The van der Waals surface area contributed by atoms with Crippen LogP contribution in [0.15, 0.2) is 35.3 Å². The number of hydrogen-bond donors (Lipinski definition) is 0. The first kappa shape index (κ1) is 16.5. The number of hydrogen-bond acceptors (Lipinski definition) is 4. The number of amides is 1. The lowest BCUT2D eigenvalue weighted by Crippen LogP contribution is -2.38. The van der Waals surface area contributed by atoms with Gasteiger partial charge in [-0.2, -0.15) is 4.99 Å². The first-order valence-corrected chi connectivity index (χ1v) is 10.2. The van der Waals surface area contributed by atoms with Crippen LogP contribution in [0.3, 0.4) is 0 Å². The summed E-state index contributed by atoms with van der Waals surface area (Å²) in [7, 11) is -3.03. The van der Waals surface area contributed by atoms with Crippen LogP contribution in [0.2, 0.25) is 0 Å². The summed E-state index contributed by atoms with van der Waals surface area (Å²) in [5.74, 6) is 0.0696. The number of carbonyl (C=O) groups excluding carboxylic acids is 1. The van der Waals surface area contributed by atoms with Gasteiger partial charge in [-0.3, -0.25) is 4.79 Å². The van der Waals surface area contributed by atoms with Gasteiger partial charge >= 0.3 is 0 Å². The predicted molar refractivity (Wildman–Crippen MR) is 94.6 cm³/mol. The molecule has 2 atom stereocenters. The molecule has 3 rings (SSSR count). The van der Waals surface area contributed by atoms with Gasteiger partial charge in [0.05, 0.1) is 17.5 Å². The number of aliphatic imine (C=N–C) groups is 1. The third-order valence-corrected chi connectivity index (χ3v) is 7.15. The summed E-state index contributed by atoms with van der Waals surface area (Å²) in [5, 5.41) is 0.549. The molecule has 1 aromatic carbocycles. The number of sulfone groups is 1. The number of amidine groups is 1. The van der Waals surface area contributed by atoms with Crippen molar-refractivity contribution < 1.29 is 13.2 Å². The number of nitrogens with zero attached hydrogens (tertiary/aromatic N) is 2. The van der Waals surface area contributed by atoms with Gasteiger partial charge in [-0.15, -0.1) is 0 Å². The van der Waals surface area contributed by atoms with Crippen molar-refractivity contribution in [2.45, 2.75) is 32.1 Å². The van der Waals surface area contributed by atoms with Crippen LogP contribution in [0.5, 0.6) is 0 Å². The van der Waals surface area contributed by atoms with E-state index in [-0.39, 0.29) is 28.7 Å². The van der Waals surface area contributed by atoms with E-state index in [1.807, 2.05) is 56.0 Å². The zero-order valence-corrected chi connectivity index (χ0v) is 15.0. The van der Waals surface area contributed by atoms with Gasteiger partial charge in [-0.1, -0.05) is 50.7 Å². The molecule has 0 radical (unpaired) electrons. The minimum absolute atomic E-state index is 0.0632. The highest BCUT2D eigenvalue weighted by atomic mass is 32.2. The molecule has 124 valence electrons. The molecule has 0 spiro atoms. The maximum absolute atomic E-state index is 12.3. The minimum Gasteiger partial charge on any atom is -0.316 e. The molecule has 2 saturated heterocycles. The molecular formula is C16H20N2O3S2. The Bertz CT molecular complexity index is 751. The van der Waals surface area contributed by atoms with Gasteiger partial charge in [0.2, 0.25) is 0 Å². The van der Waals surface area contributed by atoms with Crippen LogP contribution in [-0.4, -0.2) is 42.3 Å². The van der Waals surface area contributed by atoms with Gasteiger partial charge in [0.15, 0.2) is 15.0 Å². The van der Waals surface area contributed by atoms with Crippen molar-refractivity contribution in [3.05, 3.63) is 30.3 Å². The van der Waals surface area contributed by atoms with Crippen LogP contribution in [0.4, 0.5) is 5.69 Å². The van der Waals surface area contributed by atoms with Crippen molar-refractivity contribution in [1.82, 2.24) is 0 Å². The molecule has 2 fully saturated rings. The molecule has 5 nitrogen and oxygen atoms in total. The molecule has 0 aliphatic carbocycles. The summed E-state index contributed by atoms with van der Waals surface area (Å²) in [4.78, 5) is 18.5. The highest BCUT2D eigenvalue weighted by molar-refractivity contribution is 8.16. The Morgan fingerprint density at radius 3 is 2.48 bits per heavy atom. The Labute approximate surface area is 141 Å². The highest BCUT2D eigenvalue weighted by Crippen LogP contribution is 2.41. The van der Waals surface area contributed by atoms with Crippen LogP contribution in [0.1, 0.15) is 20.8 Å². The molecule has 0 N–H and O–H groups in total. The number of thioether (sulfide) groups is 1. The first-order valence-electron chi connectivity index (χ1n) is 7.52. The van der Waals surface area contributed by atoms with E-state index in [9.17, 15) is 13.2 Å². The Hall–Kier alpha value is -1.34. The fourth-order valence-corrected chi connectivity index (χ4v) is 6.62. The molecule has 23 heavy (non-hydrogen) atoms. The molecule has 2 aliphatic rings. The van der Waals surface area contributed by atoms with Crippen LogP contribution in [-0.2, 0) is 14.6 Å². The number of para-hydroxylation sites is 1. The summed E-state index contributed by atoms with van der Waals surface area (Å²) >= 11 is 1.41. The van der Waals surface area contributed by atoms with Gasteiger partial charge in [0.25, 0.3) is 5.91 Å². The topological polar surface area (TPSA) is 66.8 Å². The van der Waals surface area contributed by atoms with Gasteiger partial charge in [0, 0.05) is 16.4 Å². The molecule has 1 aromatic rings. The zero-order chi connectivity index (χ0) is 16.8. The predicted octanol–water partition coefficient (Wildman–Crippen LogP) is 2.33. The average molecular weight is 352 g/mol. The molecule has 2 aliphatic heterocycles. The lowest BCUT2D eigenvalue weighted by atomic mass is 9.96. The zero-order valence-electron chi connectivity index (χ0n) is 13.4. The Morgan fingerprint density at radius 2 is 1.87 bits per heavy atom. The Kier molecular flexibility index (Phi) is 4.04. The molecule has 0 unspecified atom stereocenters. The van der Waals surface area contributed by atoms with E-state index in [0.717, 1.165) is 5.69 Å². The molecule has 0 bridgehead atoms. The van der Waals surface area contributed by atoms with Crippen LogP contribution in [0.25, 0.3) is 0 Å². The average Bonchev–Trinajstić information content (AvgIpc) is 2.89. The fourth-order valence-electron chi connectivity index (χ4n) is 2.71. The molecule has 7 heteroatoms. The number of rotatable bonds is 1. The second kappa shape index (κ2) is 5.63. The van der Waals surface area contributed by atoms with Crippen molar-refractivity contribution >= 4 is 38.4 Å². The van der Waals surface area contributed by atoms with E-state index in [2.05, 4.69) is 4.99 Å². The van der Waals surface area contributed by atoms with Crippen LogP contribution >= 0.6 is 11.8 Å². The number of fused-ring (bicyclic) bond motifs is 1. The smallest absolute Gasteiger partial charge is 0.253 e. The van der Waals surface area contributed by atoms with Gasteiger partial charge in [-0.05, 0) is 12.1 Å². The summed E-state index contributed by atoms with van der Waals surface area (Å²) in [5.41, 5.74) is 0.324. The standard InChI is InChI=1S/C16H20N2O3S2/c1-16(2,3)14(19)17-15-18(11-7-5-4-6-8-11)12-9-23(20,21)10-13(12)22-15/h4-8,12-13H,9-10H2,1-3H3/t12-,13+/m0/s1.